The molecule has 0 aromatic rings. The van der Waals surface area contributed by atoms with Crippen molar-refractivity contribution in [3.8, 4) is 11.8 Å². The third kappa shape index (κ3) is 31.7. The van der Waals surface area contributed by atoms with Gasteiger partial charge < -0.3 is 10.2 Å². The van der Waals surface area contributed by atoms with Gasteiger partial charge in [0.05, 0.1) is 6.10 Å². The minimum absolute atomic E-state index is 0.327. The van der Waals surface area contributed by atoms with Gasteiger partial charge in [-0.15, -0.1) is 0 Å². The summed E-state index contributed by atoms with van der Waals surface area (Å²) < 4.78 is 0. The van der Waals surface area contributed by atoms with Crippen LogP contribution in [0.15, 0.2) is 60.8 Å². The van der Waals surface area contributed by atoms with E-state index in [2.05, 4.69) is 61.3 Å². The molecule has 0 saturated heterocycles. The van der Waals surface area contributed by atoms with E-state index in [1.54, 1.807) is 12.2 Å². The lowest BCUT2D eigenvalue weighted by Gasteiger charge is -2.02. The third-order valence-electron chi connectivity index (χ3n) is 6.06. The maximum absolute atomic E-state index is 10.4. The van der Waals surface area contributed by atoms with Gasteiger partial charge in [0, 0.05) is 12.8 Å². The van der Waals surface area contributed by atoms with E-state index in [1.807, 2.05) is 6.08 Å². The predicted octanol–water partition coefficient (Wildman–Crippen LogP) is 9.65. The van der Waals surface area contributed by atoms with Gasteiger partial charge in [0.2, 0.25) is 0 Å². The summed E-state index contributed by atoms with van der Waals surface area (Å²) in [7, 11) is 0. The molecule has 1 atom stereocenters. The van der Waals surface area contributed by atoms with Crippen molar-refractivity contribution in [3.63, 3.8) is 0 Å². The molecular formula is C34H54O3. The fourth-order valence-electron chi connectivity index (χ4n) is 3.87. The van der Waals surface area contributed by atoms with Crippen LogP contribution < -0.4 is 0 Å². The number of aliphatic hydroxyl groups is 1. The van der Waals surface area contributed by atoms with Crippen molar-refractivity contribution in [2.24, 2.45) is 0 Å². The lowest BCUT2D eigenvalue weighted by atomic mass is 10.0. The molecule has 0 aliphatic rings. The molecule has 0 radical (unpaired) electrons. The highest BCUT2D eigenvalue weighted by molar-refractivity contribution is 5.66. The standard InChI is InChI=1S/C34H54O3/c1-2-3-27-30-33(35)31-28-25-23-21-19-17-15-13-11-9-7-5-4-6-8-10-12-14-16-18-20-22-24-26-29-32-34(36)37/h3,5,7,11,13,17,19,27-28,31,33,35H,2,4,6,8-10,12,14-16,18,20-22,24,26,29-30,32H2,1H3,(H,36,37)/b7-5+,13-11+,19-17+,27-3+,31-28+. The Morgan fingerprint density at radius 2 is 1.24 bits per heavy atom. The first-order chi connectivity index (χ1) is 18.2. The highest BCUT2D eigenvalue weighted by Crippen LogP contribution is 2.13. The molecule has 2 N–H and O–H groups in total. The van der Waals surface area contributed by atoms with Crippen LogP contribution in [0.5, 0.6) is 0 Å². The molecule has 0 rings (SSSR count). The van der Waals surface area contributed by atoms with Gasteiger partial charge in [-0.05, 0) is 57.1 Å². The number of hydrogen-bond donors (Lipinski definition) is 2. The van der Waals surface area contributed by atoms with Crippen LogP contribution in [0.4, 0.5) is 0 Å². The maximum atomic E-state index is 10.4. The SMILES string of the molecule is CC/C=C/CC(O)/C=C/C#CC/C=C/C/C=C/C/C=C/CCCCCCCCCCCCCCC(=O)O. The fraction of sp³-hybridized carbons (Fsp3) is 0.618. The smallest absolute Gasteiger partial charge is 0.303 e. The van der Waals surface area contributed by atoms with Crippen LogP contribution in [0.3, 0.4) is 0 Å². The number of unbranched alkanes of at least 4 members (excludes halogenated alkanes) is 12. The number of carbonyl (C=O) groups is 1. The lowest BCUT2D eigenvalue weighted by molar-refractivity contribution is -0.137. The third-order valence-corrected chi connectivity index (χ3v) is 6.06. The minimum Gasteiger partial charge on any atom is -0.481 e. The summed E-state index contributed by atoms with van der Waals surface area (Å²) in [6.07, 6.45) is 41.3. The number of allylic oxidation sites excluding steroid dienone is 8. The van der Waals surface area contributed by atoms with Crippen LogP contribution in [-0.2, 0) is 4.79 Å². The van der Waals surface area contributed by atoms with Gasteiger partial charge >= 0.3 is 5.97 Å². The minimum atomic E-state index is -0.666. The van der Waals surface area contributed by atoms with Crippen LogP contribution in [0.2, 0.25) is 0 Å². The van der Waals surface area contributed by atoms with Crippen molar-refractivity contribution < 1.29 is 15.0 Å². The van der Waals surface area contributed by atoms with Crippen molar-refractivity contribution in [2.75, 3.05) is 0 Å². The highest BCUT2D eigenvalue weighted by atomic mass is 16.4. The van der Waals surface area contributed by atoms with E-state index in [0.717, 1.165) is 38.5 Å². The van der Waals surface area contributed by atoms with Crippen LogP contribution in [0.25, 0.3) is 0 Å². The Bertz CT molecular complexity index is 715. The molecule has 208 valence electrons. The van der Waals surface area contributed by atoms with E-state index in [-0.39, 0.29) is 0 Å². The molecule has 0 aromatic carbocycles. The average molecular weight is 511 g/mol. The van der Waals surface area contributed by atoms with Crippen molar-refractivity contribution in [1.82, 2.24) is 0 Å². The van der Waals surface area contributed by atoms with Gasteiger partial charge in [-0.2, -0.15) is 0 Å². The van der Waals surface area contributed by atoms with Gasteiger partial charge in [-0.1, -0.05) is 132 Å². The van der Waals surface area contributed by atoms with Crippen LogP contribution in [0.1, 0.15) is 129 Å². The molecule has 3 nitrogen and oxygen atoms in total. The van der Waals surface area contributed by atoms with Crippen molar-refractivity contribution >= 4 is 5.97 Å². The highest BCUT2D eigenvalue weighted by Gasteiger charge is 1.97. The molecule has 0 aliphatic carbocycles. The summed E-state index contributed by atoms with van der Waals surface area (Å²) in [5, 5.41) is 18.3. The van der Waals surface area contributed by atoms with E-state index in [4.69, 9.17) is 5.11 Å². The normalized spacial score (nSPS) is 12.9. The summed E-state index contributed by atoms with van der Waals surface area (Å²) in [5.74, 6) is 5.37. The Hall–Kier alpha value is -2.31. The van der Waals surface area contributed by atoms with Gasteiger partial charge in [-0.3, -0.25) is 4.79 Å². The Morgan fingerprint density at radius 3 is 1.84 bits per heavy atom. The van der Waals surface area contributed by atoms with Gasteiger partial charge in [-0.25, -0.2) is 0 Å². The van der Waals surface area contributed by atoms with Crippen LogP contribution >= 0.6 is 0 Å². The Kier molecular flexibility index (Phi) is 28.0. The zero-order chi connectivity index (χ0) is 27.1. The Morgan fingerprint density at radius 1 is 0.703 bits per heavy atom. The molecule has 3 heteroatoms. The summed E-state index contributed by atoms with van der Waals surface area (Å²) in [5.41, 5.74) is 0. The molecule has 0 bridgehead atoms. The lowest BCUT2D eigenvalue weighted by Crippen LogP contribution is -1.98. The quantitative estimate of drug-likeness (QED) is 0.0772. The van der Waals surface area contributed by atoms with Crippen molar-refractivity contribution in [2.45, 2.75) is 135 Å². The van der Waals surface area contributed by atoms with E-state index in [0.29, 0.717) is 12.8 Å². The zero-order valence-corrected chi connectivity index (χ0v) is 23.6. The topological polar surface area (TPSA) is 57.5 Å². The van der Waals surface area contributed by atoms with Crippen LogP contribution in [0, 0.1) is 11.8 Å². The Labute approximate surface area is 228 Å². The maximum Gasteiger partial charge on any atom is 0.303 e. The van der Waals surface area contributed by atoms with Crippen LogP contribution in [-0.4, -0.2) is 22.3 Å². The second-order valence-corrected chi connectivity index (χ2v) is 9.63. The second-order valence-electron chi connectivity index (χ2n) is 9.63. The number of carboxylic acids is 1. The molecule has 0 aromatic heterocycles. The predicted molar refractivity (Wildman–Crippen MR) is 161 cm³/mol. The number of aliphatic carboxylic acids is 1. The Balaban J connectivity index is 3.43. The first-order valence-corrected chi connectivity index (χ1v) is 14.8. The largest absolute Gasteiger partial charge is 0.481 e. The second kappa shape index (κ2) is 29.9. The zero-order valence-electron chi connectivity index (χ0n) is 23.6. The number of aliphatic hydroxyl groups excluding tert-OH is 1. The van der Waals surface area contributed by atoms with E-state index in [1.165, 1.54) is 70.6 Å². The molecule has 37 heavy (non-hydrogen) atoms. The molecule has 0 fully saturated rings. The number of rotatable bonds is 24. The summed E-state index contributed by atoms with van der Waals surface area (Å²) in [6, 6.07) is 0. The van der Waals surface area contributed by atoms with Crippen molar-refractivity contribution in [1.29, 1.82) is 0 Å². The first-order valence-electron chi connectivity index (χ1n) is 14.8. The molecule has 0 saturated carbocycles. The average Bonchev–Trinajstić information content (AvgIpc) is 2.88. The number of carboxylic acid groups (broad SMARTS) is 1. The first kappa shape index (κ1) is 34.7. The summed E-state index contributed by atoms with van der Waals surface area (Å²) >= 11 is 0. The van der Waals surface area contributed by atoms with Gasteiger partial charge in [0.1, 0.15) is 0 Å². The molecule has 1 unspecified atom stereocenters. The summed E-state index contributed by atoms with van der Waals surface area (Å²) in [4.78, 5) is 10.4. The van der Waals surface area contributed by atoms with Crippen molar-refractivity contribution in [3.05, 3.63) is 60.8 Å². The molecule has 0 aliphatic heterocycles. The van der Waals surface area contributed by atoms with E-state index < -0.39 is 12.1 Å². The summed E-state index contributed by atoms with van der Waals surface area (Å²) in [6.45, 7) is 2.08. The van der Waals surface area contributed by atoms with E-state index in [9.17, 15) is 9.90 Å². The molecular weight excluding hydrogens is 456 g/mol. The van der Waals surface area contributed by atoms with Gasteiger partial charge in [0.25, 0.3) is 0 Å². The molecule has 0 spiro atoms. The number of hydrogen-bond acceptors (Lipinski definition) is 2. The van der Waals surface area contributed by atoms with E-state index >= 15 is 0 Å². The van der Waals surface area contributed by atoms with Gasteiger partial charge in [0.15, 0.2) is 0 Å². The molecule has 0 heterocycles. The fourth-order valence-corrected chi connectivity index (χ4v) is 3.87. The monoisotopic (exact) mass is 510 g/mol. The molecule has 0 amide bonds.